The van der Waals surface area contributed by atoms with Gasteiger partial charge in [0, 0.05) is 19.2 Å². The first kappa shape index (κ1) is 15.4. The van der Waals surface area contributed by atoms with Crippen LogP contribution in [0.15, 0.2) is 35.5 Å². The minimum atomic E-state index is -0.951. The topological polar surface area (TPSA) is 65.7 Å². The number of benzene rings is 1. The van der Waals surface area contributed by atoms with Crippen LogP contribution in [0.4, 0.5) is 14.5 Å². The predicted molar refractivity (Wildman–Crippen MR) is 79.8 cm³/mol. The first-order valence-corrected chi connectivity index (χ1v) is 6.58. The Hall–Kier alpha value is -1.99. The standard InChI is InChI=1S/C14H19F2N5/c1-21(2)9-7-14(17)6-8-18-13(20-14)19-11-5-3-4-10(15)12(11)16/h3-6,8H,7,9,17H2,1-2H3,(H2,18,19,20). The molecule has 0 spiro atoms. The van der Waals surface area contributed by atoms with Gasteiger partial charge in [0.2, 0.25) is 5.96 Å². The van der Waals surface area contributed by atoms with Crippen molar-refractivity contribution in [3.63, 3.8) is 0 Å². The van der Waals surface area contributed by atoms with Gasteiger partial charge in [-0.15, -0.1) is 0 Å². The quantitative estimate of drug-likeness (QED) is 0.787. The number of anilines is 1. The first-order chi connectivity index (χ1) is 9.89. The fourth-order valence-corrected chi connectivity index (χ4v) is 1.88. The molecule has 0 bridgehead atoms. The van der Waals surface area contributed by atoms with E-state index in [2.05, 4.69) is 15.6 Å². The van der Waals surface area contributed by atoms with Crippen LogP contribution in [-0.2, 0) is 0 Å². The van der Waals surface area contributed by atoms with E-state index in [0.717, 1.165) is 12.6 Å². The SMILES string of the molecule is CN(C)CCC1(N)C=CNC(Nc2cccc(F)c2F)=N1. The van der Waals surface area contributed by atoms with Crippen molar-refractivity contribution in [2.45, 2.75) is 12.1 Å². The zero-order chi connectivity index (χ0) is 15.5. The van der Waals surface area contributed by atoms with Gasteiger partial charge in [0.25, 0.3) is 0 Å². The summed E-state index contributed by atoms with van der Waals surface area (Å²) in [7, 11) is 3.89. The van der Waals surface area contributed by atoms with E-state index in [1.165, 1.54) is 12.1 Å². The van der Waals surface area contributed by atoms with Crippen molar-refractivity contribution < 1.29 is 8.78 Å². The number of hydrogen-bond donors (Lipinski definition) is 3. The summed E-state index contributed by atoms with van der Waals surface area (Å²) in [6.45, 7) is 0.756. The maximum atomic E-state index is 13.6. The highest BCUT2D eigenvalue weighted by Gasteiger charge is 2.24. The fourth-order valence-electron chi connectivity index (χ4n) is 1.88. The smallest absolute Gasteiger partial charge is 0.202 e. The Morgan fingerprint density at radius 1 is 1.38 bits per heavy atom. The Kier molecular flexibility index (Phi) is 4.54. The van der Waals surface area contributed by atoms with Crippen LogP contribution >= 0.6 is 0 Å². The van der Waals surface area contributed by atoms with Crippen LogP contribution in [0.25, 0.3) is 0 Å². The summed E-state index contributed by atoms with van der Waals surface area (Å²) in [6, 6.07) is 3.90. The molecule has 2 rings (SSSR count). The third kappa shape index (κ3) is 3.99. The Morgan fingerprint density at radius 2 is 2.14 bits per heavy atom. The summed E-state index contributed by atoms with van der Waals surface area (Å²) < 4.78 is 26.8. The van der Waals surface area contributed by atoms with Gasteiger partial charge in [0.1, 0.15) is 5.66 Å². The van der Waals surface area contributed by atoms with Gasteiger partial charge >= 0.3 is 0 Å². The summed E-state index contributed by atoms with van der Waals surface area (Å²) in [6.07, 6.45) is 3.99. The predicted octanol–water partition coefficient (Wildman–Crippen LogP) is 1.46. The third-order valence-corrected chi connectivity index (χ3v) is 3.08. The summed E-state index contributed by atoms with van der Waals surface area (Å²) in [4.78, 5) is 6.32. The van der Waals surface area contributed by atoms with Crippen LogP contribution in [0.1, 0.15) is 6.42 Å². The zero-order valence-corrected chi connectivity index (χ0v) is 12.0. The van der Waals surface area contributed by atoms with Crippen molar-refractivity contribution in [1.29, 1.82) is 0 Å². The zero-order valence-electron chi connectivity index (χ0n) is 12.0. The highest BCUT2D eigenvalue weighted by Crippen LogP contribution is 2.19. The molecule has 0 radical (unpaired) electrons. The van der Waals surface area contributed by atoms with Crippen LogP contribution in [0.2, 0.25) is 0 Å². The van der Waals surface area contributed by atoms with E-state index in [4.69, 9.17) is 5.73 Å². The number of hydrogen-bond acceptors (Lipinski definition) is 5. The lowest BCUT2D eigenvalue weighted by atomic mass is 10.1. The van der Waals surface area contributed by atoms with Gasteiger partial charge in [-0.1, -0.05) is 6.07 Å². The molecule has 0 saturated heterocycles. The molecule has 0 fully saturated rings. The van der Waals surface area contributed by atoms with Gasteiger partial charge in [-0.2, -0.15) is 0 Å². The molecule has 0 aliphatic carbocycles. The molecular formula is C14H19F2N5. The lowest BCUT2D eigenvalue weighted by molar-refractivity contribution is 0.352. The lowest BCUT2D eigenvalue weighted by Crippen LogP contribution is -2.45. The second kappa shape index (κ2) is 6.19. The average Bonchev–Trinajstić information content (AvgIpc) is 2.42. The summed E-state index contributed by atoms with van der Waals surface area (Å²) in [5, 5.41) is 5.54. The van der Waals surface area contributed by atoms with Gasteiger partial charge in [-0.05, 0) is 32.3 Å². The number of nitrogens with one attached hydrogen (secondary N) is 2. The number of aliphatic imine (C=N–C) groups is 1. The maximum absolute atomic E-state index is 13.6. The lowest BCUT2D eigenvalue weighted by Gasteiger charge is -2.28. The van der Waals surface area contributed by atoms with Crippen molar-refractivity contribution >= 4 is 11.6 Å². The van der Waals surface area contributed by atoms with E-state index in [1.54, 1.807) is 12.3 Å². The third-order valence-electron chi connectivity index (χ3n) is 3.08. The molecule has 0 aromatic heterocycles. The summed E-state index contributed by atoms with van der Waals surface area (Å²) in [5.41, 5.74) is 5.30. The molecule has 4 N–H and O–H groups in total. The van der Waals surface area contributed by atoms with Crippen LogP contribution in [-0.4, -0.2) is 37.2 Å². The molecule has 1 aliphatic rings. The number of guanidine groups is 1. The van der Waals surface area contributed by atoms with Crippen molar-refractivity contribution in [2.24, 2.45) is 10.7 Å². The van der Waals surface area contributed by atoms with Crippen molar-refractivity contribution in [2.75, 3.05) is 26.0 Å². The van der Waals surface area contributed by atoms with Crippen LogP contribution in [0.5, 0.6) is 0 Å². The fraction of sp³-hybridized carbons (Fsp3) is 0.357. The largest absolute Gasteiger partial charge is 0.333 e. The number of rotatable bonds is 4. The maximum Gasteiger partial charge on any atom is 0.202 e. The number of halogens is 2. The second-order valence-corrected chi connectivity index (χ2v) is 5.21. The highest BCUT2D eigenvalue weighted by molar-refractivity contribution is 5.95. The Morgan fingerprint density at radius 3 is 2.86 bits per heavy atom. The van der Waals surface area contributed by atoms with Gasteiger partial charge in [-0.25, -0.2) is 13.8 Å². The molecule has 1 aromatic rings. The van der Waals surface area contributed by atoms with Crippen molar-refractivity contribution in [1.82, 2.24) is 10.2 Å². The van der Waals surface area contributed by atoms with E-state index >= 15 is 0 Å². The normalized spacial score (nSPS) is 21.1. The van der Waals surface area contributed by atoms with E-state index in [-0.39, 0.29) is 11.6 Å². The molecule has 5 nitrogen and oxygen atoms in total. The summed E-state index contributed by atoms with van der Waals surface area (Å²) in [5.74, 6) is -1.59. The molecule has 1 atom stereocenters. The van der Waals surface area contributed by atoms with Gasteiger partial charge in [0.05, 0.1) is 5.69 Å². The minimum Gasteiger partial charge on any atom is -0.333 e. The molecule has 1 unspecified atom stereocenters. The molecule has 1 aliphatic heterocycles. The Bertz CT molecular complexity index is 570. The second-order valence-electron chi connectivity index (χ2n) is 5.21. The first-order valence-electron chi connectivity index (χ1n) is 6.58. The highest BCUT2D eigenvalue weighted by atomic mass is 19.2. The molecule has 114 valence electrons. The van der Waals surface area contributed by atoms with Crippen molar-refractivity contribution in [3.05, 3.63) is 42.1 Å². The molecule has 21 heavy (non-hydrogen) atoms. The number of nitrogens with two attached hydrogens (primary N) is 1. The monoisotopic (exact) mass is 295 g/mol. The minimum absolute atomic E-state index is 0.00603. The molecule has 1 heterocycles. The summed E-state index contributed by atoms with van der Waals surface area (Å²) >= 11 is 0. The van der Waals surface area contributed by atoms with Gasteiger partial charge < -0.3 is 21.3 Å². The van der Waals surface area contributed by atoms with Gasteiger partial charge in [0.15, 0.2) is 11.6 Å². The Labute approximate surface area is 122 Å². The van der Waals surface area contributed by atoms with E-state index in [1.807, 2.05) is 19.0 Å². The van der Waals surface area contributed by atoms with E-state index < -0.39 is 17.3 Å². The van der Waals surface area contributed by atoms with Gasteiger partial charge in [-0.3, -0.25) is 0 Å². The Balaban J connectivity index is 2.13. The van der Waals surface area contributed by atoms with Crippen LogP contribution < -0.4 is 16.4 Å². The molecular weight excluding hydrogens is 276 g/mol. The molecule has 0 amide bonds. The molecule has 0 saturated carbocycles. The average molecular weight is 295 g/mol. The van der Waals surface area contributed by atoms with Crippen molar-refractivity contribution in [3.8, 4) is 0 Å². The van der Waals surface area contributed by atoms with Crippen LogP contribution in [0, 0.1) is 11.6 Å². The van der Waals surface area contributed by atoms with E-state index in [9.17, 15) is 8.78 Å². The molecule has 7 heteroatoms. The number of nitrogens with zero attached hydrogens (tertiary/aromatic N) is 2. The molecule has 1 aromatic carbocycles. The van der Waals surface area contributed by atoms with Crippen LogP contribution in [0.3, 0.4) is 0 Å². The van der Waals surface area contributed by atoms with E-state index in [0.29, 0.717) is 6.42 Å².